The third-order valence-electron chi connectivity index (χ3n) is 3.74. The van der Waals surface area contributed by atoms with E-state index in [9.17, 15) is 4.79 Å². The molecule has 0 bridgehead atoms. The highest BCUT2D eigenvalue weighted by atomic mass is 16.5. The number of aryl methyl sites for hydroxylation is 1. The van der Waals surface area contributed by atoms with Crippen molar-refractivity contribution in [2.75, 3.05) is 19.5 Å². The van der Waals surface area contributed by atoms with E-state index in [1.54, 1.807) is 19.2 Å². The summed E-state index contributed by atoms with van der Waals surface area (Å²) >= 11 is 0. The van der Waals surface area contributed by atoms with Crippen LogP contribution >= 0.6 is 0 Å². The van der Waals surface area contributed by atoms with E-state index in [2.05, 4.69) is 10.3 Å². The summed E-state index contributed by atoms with van der Waals surface area (Å²) in [6.07, 6.45) is 0. The monoisotopic (exact) mass is 322 g/mol. The fourth-order valence-corrected chi connectivity index (χ4v) is 2.58. The number of aromatic nitrogens is 1. The van der Waals surface area contributed by atoms with Gasteiger partial charge in [-0.15, -0.1) is 0 Å². The van der Waals surface area contributed by atoms with Gasteiger partial charge in [0.15, 0.2) is 0 Å². The zero-order valence-electron chi connectivity index (χ0n) is 13.8. The van der Waals surface area contributed by atoms with E-state index in [1.165, 1.54) is 7.11 Å². The lowest BCUT2D eigenvalue weighted by Gasteiger charge is -2.13. The van der Waals surface area contributed by atoms with Crippen molar-refractivity contribution in [3.05, 3.63) is 59.8 Å². The number of ether oxygens (including phenoxy) is 2. The number of hydrogen-bond acceptors (Lipinski definition) is 5. The van der Waals surface area contributed by atoms with Crippen molar-refractivity contribution in [3.63, 3.8) is 0 Å². The fourth-order valence-electron chi connectivity index (χ4n) is 2.58. The minimum absolute atomic E-state index is 0.350. The van der Waals surface area contributed by atoms with Gasteiger partial charge in [0.2, 0.25) is 0 Å². The average molecular weight is 322 g/mol. The highest BCUT2D eigenvalue weighted by Gasteiger charge is 2.09. The maximum Gasteiger partial charge on any atom is 0.337 e. The fraction of sp³-hybridized carbons (Fsp3) is 0.158. The van der Waals surface area contributed by atoms with Crippen molar-refractivity contribution in [2.45, 2.75) is 6.92 Å². The zero-order chi connectivity index (χ0) is 17.1. The van der Waals surface area contributed by atoms with Crippen molar-refractivity contribution in [2.24, 2.45) is 0 Å². The molecule has 1 heterocycles. The van der Waals surface area contributed by atoms with Crippen LogP contribution in [0.1, 0.15) is 16.1 Å². The maximum absolute atomic E-state index is 11.5. The number of esters is 1. The molecular formula is C19H18N2O3. The van der Waals surface area contributed by atoms with Gasteiger partial charge in [-0.25, -0.2) is 9.78 Å². The van der Waals surface area contributed by atoms with Crippen molar-refractivity contribution in [3.8, 4) is 5.75 Å². The Bertz CT molecular complexity index is 889. The molecule has 1 aromatic heterocycles. The van der Waals surface area contributed by atoms with Gasteiger partial charge in [-0.1, -0.05) is 12.1 Å². The molecule has 122 valence electrons. The van der Waals surface area contributed by atoms with Crippen molar-refractivity contribution in [1.82, 2.24) is 4.98 Å². The number of para-hydroxylation sites is 1. The van der Waals surface area contributed by atoms with Crippen LogP contribution in [0.5, 0.6) is 5.75 Å². The summed E-state index contributed by atoms with van der Waals surface area (Å²) < 4.78 is 10.1. The number of nitrogens with one attached hydrogen (secondary N) is 1. The number of nitrogens with zero attached hydrogens (tertiary/aromatic N) is 1. The van der Waals surface area contributed by atoms with E-state index in [0.29, 0.717) is 5.56 Å². The van der Waals surface area contributed by atoms with E-state index in [4.69, 9.17) is 9.47 Å². The van der Waals surface area contributed by atoms with Gasteiger partial charge in [0, 0.05) is 22.5 Å². The first-order chi connectivity index (χ1) is 11.6. The van der Waals surface area contributed by atoms with Gasteiger partial charge >= 0.3 is 5.97 Å². The number of benzene rings is 2. The highest BCUT2D eigenvalue weighted by Crippen LogP contribution is 2.31. The molecule has 3 rings (SSSR count). The molecule has 0 spiro atoms. The topological polar surface area (TPSA) is 60.5 Å². The van der Waals surface area contributed by atoms with E-state index in [-0.39, 0.29) is 5.97 Å². The van der Waals surface area contributed by atoms with Crippen molar-refractivity contribution in [1.29, 1.82) is 0 Å². The lowest BCUT2D eigenvalue weighted by atomic mass is 10.1. The Hall–Kier alpha value is -3.08. The largest absolute Gasteiger partial charge is 0.494 e. The van der Waals surface area contributed by atoms with E-state index >= 15 is 0 Å². The summed E-state index contributed by atoms with van der Waals surface area (Å²) in [5.74, 6) is 0.386. The third kappa shape index (κ3) is 3.01. The second-order valence-corrected chi connectivity index (χ2v) is 5.36. The molecule has 5 heteroatoms. The number of hydrogen-bond donors (Lipinski definition) is 1. The summed E-state index contributed by atoms with van der Waals surface area (Å²) in [5, 5.41) is 4.34. The molecule has 0 fully saturated rings. The number of methoxy groups -OCH3 is 2. The minimum Gasteiger partial charge on any atom is -0.494 e. The molecular weight excluding hydrogens is 304 g/mol. The van der Waals surface area contributed by atoms with Gasteiger partial charge in [-0.2, -0.15) is 0 Å². The van der Waals surface area contributed by atoms with Crippen LogP contribution in [0.25, 0.3) is 10.9 Å². The van der Waals surface area contributed by atoms with E-state index in [0.717, 1.165) is 33.7 Å². The second-order valence-electron chi connectivity index (χ2n) is 5.36. The molecule has 0 radical (unpaired) electrons. The van der Waals surface area contributed by atoms with Gasteiger partial charge in [-0.3, -0.25) is 0 Å². The molecule has 3 aromatic rings. The van der Waals surface area contributed by atoms with Crippen LogP contribution in [0, 0.1) is 6.92 Å². The number of anilines is 2. The predicted molar refractivity (Wildman–Crippen MR) is 94.1 cm³/mol. The van der Waals surface area contributed by atoms with E-state index < -0.39 is 0 Å². The lowest BCUT2D eigenvalue weighted by Crippen LogP contribution is -2.01. The first-order valence-electron chi connectivity index (χ1n) is 7.52. The Morgan fingerprint density at radius 2 is 1.83 bits per heavy atom. The molecule has 0 atom stereocenters. The van der Waals surface area contributed by atoms with Gasteiger partial charge in [0.1, 0.15) is 11.3 Å². The molecule has 24 heavy (non-hydrogen) atoms. The first kappa shape index (κ1) is 15.8. The SMILES string of the molecule is COC(=O)c1ccc(Nc2cc(C)nc3c(OC)cccc23)cc1. The Balaban J connectivity index is 1.99. The van der Waals surface area contributed by atoms with Crippen LogP contribution in [-0.2, 0) is 4.74 Å². The Morgan fingerprint density at radius 3 is 2.50 bits per heavy atom. The van der Waals surface area contributed by atoms with Gasteiger partial charge in [0.05, 0.1) is 19.8 Å². The number of carbonyl (C=O) groups is 1. The Kier molecular flexibility index (Phi) is 4.33. The molecule has 0 aliphatic carbocycles. The number of rotatable bonds is 4. The molecule has 0 amide bonds. The van der Waals surface area contributed by atoms with Gasteiger partial charge < -0.3 is 14.8 Å². The van der Waals surface area contributed by atoms with Crippen molar-refractivity contribution >= 4 is 28.2 Å². The Labute approximate surface area is 140 Å². The molecule has 0 unspecified atom stereocenters. The summed E-state index contributed by atoms with van der Waals surface area (Å²) in [6.45, 7) is 1.94. The van der Waals surface area contributed by atoms with Gasteiger partial charge in [0.25, 0.3) is 0 Å². The molecule has 0 saturated carbocycles. The number of pyridine rings is 1. The molecule has 5 nitrogen and oxygen atoms in total. The molecule has 0 aliphatic heterocycles. The number of carbonyl (C=O) groups excluding carboxylic acids is 1. The molecule has 0 aliphatic rings. The molecule has 1 N–H and O–H groups in total. The summed E-state index contributed by atoms with van der Waals surface area (Å²) in [6, 6.07) is 14.9. The molecule has 0 saturated heterocycles. The van der Waals surface area contributed by atoms with Crippen LogP contribution in [0.3, 0.4) is 0 Å². The number of fused-ring (bicyclic) bond motifs is 1. The molecule has 2 aromatic carbocycles. The van der Waals surface area contributed by atoms with Crippen LogP contribution in [0.4, 0.5) is 11.4 Å². The minimum atomic E-state index is -0.350. The van der Waals surface area contributed by atoms with Crippen LogP contribution < -0.4 is 10.1 Å². The zero-order valence-corrected chi connectivity index (χ0v) is 13.8. The Morgan fingerprint density at radius 1 is 1.08 bits per heavy atom. The van der Waals surface area contributed by atoms with E-state index in [1.807, 2.05) is 43.3 Å². The smallest absolute Gasteiger partial charge is 0.337 e. The lowest BCUT2D eigenvalue weighted by molar-refractivity contribution is 0.0601. The maximum atomic E-state index is 11.5. The normalized spacial score (nSPS) is 10.5. The van der Waals surface area contributed by atoms with Crippen molar-refractivity contribution < 1.29 is 14.3 Å². The average Bonchev–Trinajstić information content (AvgIpc) is 2.61. The highest BCUT2D eigenvalue weighted by molar-refractivity contribution is 5.96. The predicted octanol–water partition coefficient (Wildman–Crippen LogP) is 4.08. The van der Waals surface area contributed by atoms with Gasteiger partial charge in [-0.05, 0) is 43.3 Å². The van der Waals surface area contributed by atoms with Crippen LogP contribution in [0.15, 0.2) is 48.5 Å². The summed E-state index contributed by atoms with van der Waals surface area (Å²) in [7, 11) is 3.01. The first-order valence-corrected chi connectivity index (χ1v) is 7.52. The third-order valence-corrected chi connectivity index (χ3v) is 3.74. The second kappa shape index (κ2) is 6.58. The van der Waals surface area contributed by atoms with Crippen LogP contribution in [-0.4, -0.2) is 25.2 Å². The summed E-state index contributed by atoms with van der Waals surface area (Å²) in [4.78, 5) is 16.1. The summed E-state index contributed by atoms with van der Waals surface area (Å²) in [5.41, 5.74) is 4.02. The standard InChI is InChI=1S/C19H18N2O3/c1-12-11-16(15-5-4-6-17(23-2)18(15)20-12)21-14-9-7-13(8-10-14)19(22)24-3/h4-11H,1-3H3,(H,20,21). The quantitative estimate of drug-likeness (QED) is 0.733. The van der Waals surface area contributed by atoms with Crippen LogP contribution in [0.2, 0.25) is 0 Å².